The van der Waals surface area contributed by atoms with Crippen molar-refractivity contribution in [2.45, 2.75) is 0 Å². The minimum atomic E-state index is -0.242. The van der Waals surface area contributed by atoms with Crippen molar-refractivity contribution >= 4 is 80.4 Å². The van der Waals surface area contributed by atoms with E-state index in [1.165, 1.54) is 11.8 Å². The molecule has 0 saturated carbocycles. The van der Waals surface area contributed by atoms with Crippen LogP contribution in [-0.4, -0.2) is 23.6 Å². The van der Waals surface area contributed by atoms with Crippen LogP contribution in [0.3, 0.4) is 0 Å². The van der Waals surface area contributed by atoms with Crippen LogP contribution in [0.5, 0.6) is 5.75 Å². The van der Waals surface area contributed by atoms with Crippen LogP contribution in [0.2, 0.25) is 5.02 Å². The van der Waals surface area contributed by atoms with Crippen molar-refractivity contribution in [2.75, 3.05) is 11.9 Å². The summed E-state index contributed by atoms with van der Waals surface area (Å²) in [5.41, 5.74) is 2.25. The zero-order chi connectivity index (χ0) is 23.2. The van der Waals surface area contributed by atoms with E-state index in [1.807, 2.05) is 36.4 Å². The Hall–Kier alpha value is -2.82. The van der Waals surface area contributed by atoms with E-state index >= 15 is 0 Å². The van der Waals surface area contributed by atoms with Crippen molar-refractivity contribution in [3.63, 3.8) is 0 Å². The van der Waals surface area contributed by atoms with E-state index in [0.29, 0.717) is 26.5 Å². The Labute approximate surface area is 213 Å². The van der Waals surface area contributed by atoms with Gasteiger partial charge in [0.1, 0.15) is 5.75 Å². The molecule has 3 aromatic rings. The first-order chi connectivity index (χ1) is 15.9. The maximum atomic E-state index is 12.3. The van der Waals surface area contributed by atoms with Gasteiger partial charge in [0.25, 0.3) is 11.8 Å². The third kappa shape index (κ3) is 6.83. The lowest BCUT2D eigenvalue weighted by molar-refractivity contribution is -0.118. The minimum absolute atomic E-state index is 0.102. The lowest BCUT2D eigenvalue weighted by Crippen LogP contribution is -2.20. The van der Waals surface area contributed by atoms with Crippen LogP contribution in [-0.2, 0) is 9.59 Å². The van der Waals surface area contributed by atoms with Crippen molar-refractivity contribution in [3.05, 3.63) is 91.9 Å². The van der Waals surface area contributed by atoms with Gasteiger partial charge in [0.2, 0.25) is 0 Å². The molecular weight excluding hydrogens is 573 g/mol. The van der Waals surface area contributed by atoms with Gasteiger partial charge in [-0.1, -0.05) is 23.7 Å². The maximum Gasteiger partial charge on any atom is 0.264 e. The number of carbonyl (C=O) groups excluding carboxylic acids is 2. The topological polar surface area (TPSA) is 79.8 Å². The molecule has 0 bridgehead atoms. The molecule has 0 atom stereocenters. The molecule has 1 saturated heterocycles. The SMILES string of the molecule is O=C(COc1ccc(/C=C2\SC(=Nc3ccc(Cl)cc3)NC2=O)cc1)Nc1ccc(I)cc1. The number of nitrogens with one attached hydrogen (secondary N) is 2. The Bertz CT molecular complexity index is 1230. The number of thioether (sulfide) groups is 1. The summed E-state index contributed by atoms with van der Waals surface area (Å²) >= 11 is 9.36. The van der Waals surface area contributed by atoms with Crippen LogP contribution < -0.4 is 15.4 Å². The number of benzene rings is 3. The van der Waals surface area contributed by atoms with Gasteiger partial charge >= 0.3 is 0 Å². The minimum Gasteiger partial charge on any atom is -0.484 e. The van der Waals surface area contributed by atoms with Gasteiger partial charge in [-0.2, -0.15) is 0 Å². The molecule has 9 heteroatoms. The second kappa shape index (κ2) is 10.9. The second-order valence-electron chi connectivity index (χ2n) is 6.87. The largest absolute Gasteiger partial charge is 0.484 e. The van der Waals surface area contributed by atoms with Crippen molar-refractivity contribution in [1.29, 1.82) is 0 Å². The number of halogens is 2. The summed E-state index contributed by atoms with van der Waals surface area (Å²) in [7, 11) is 0. The van der Waals surface area contributed by atoms with Gasteiger partial charge in [-0.05, 0) is 107 Å². The fourth-order valence-electron chi connectivity index (χ4n) is 2.80. The number of anilines is 1. The second-order valence-corrected chi connectivity index (χ2v) is 9.58. The molecule has 166 valence electrons. The number of nitrogens with zero attached hydrogens (tertiary/aromatic N) is 1. The summed E-state index contributed by atoms with van der Waals surface area (Å²) in [5, 5.41) is 6.68. The number of aliphatic imine (C=N–C) groups is 1. The number of amidine groups is 1. The summed E-state index contributed by atoms with van der Waals surface area (Å²) in [4.78, 5) is 29.3. The number of amides is 2. The summed E-state index contributed by atoms with van der Waals surface area (Å²) in [6.45, 7) is -0.102. The van der Waals surface area contributed by atoms with Gasteiger partial charge in [-0.15, -0.1) is 0 Å². The molecule has 1 fully saturated rings. The molecule has 3 aromatic carbocycles. The summed E-state index contributed by atoms with van der Waals surface area (Å²) in [5.74, 6) is 0.109. The molecule has 0 radical (unpaired) electrons. The van der Waals surface area contributed by atoms with Crippen molar-refractivity contribution in [3.8, 4) is 5.75 Å². The highest BCUT2D eigenvalue weighted by Crippen LogP contribution is 2.28. The van der Waals surface area contributed by atoms with E-state index in [0.717, 1.165) is 14.8 Å². The number of carbonyl (C=O) groups is 2. The molecule has 2 N–H and O–H groups in total. The Kier molecular flexibility index (Phi) is 7.69. The van der Waals surface area contributed by atoms with Crippen LogP contribution in [0, 0.1) is 3.57 Å². The molecule has 1 aliphatic rings. The summed E-state index contributed by atoms with van der Waals surface area (Å²) in [6.07, 6.45) is 1.78. The summed E-state index contributed by atoms with van der Waals surface area (Å²) < 4.78 is 6.65. The molecule has 2 amide bonds. The van der Waals surface area contributed by atoms with Crippen LogP contribution in [0.25, 0.3) is 6.08 Å². The van der Waals surface area contributed by atoms with E-state index < -0.39 is 0 Å². The molecule has 6 nitrogen and oxygen atoms in total. The van der Waals surface area contributed by atoms with Crippen molar-refractivity contribution in [2.24, 2.45) is 4.99 Å². The van der Waals surface area contributed by atoms with E-state index in [2.05, 4.69) is 38.2 Å². The molecule has 33 heavy (non-hydrogen) atoms. The Balaban J connectivity index is 1.33. The third-order valence-corrected chi connectivity index (χ3v) is 6.26. The first-order valence-corrected chi connectivity index (χ1v) is 12.1. The molecule has 0 unspecified atom stereocenters. The van der Waals surface area contributed by atoms with Crippen molar-refractivity contribution < 1.29 is 14.3 Å². The standard InChI is InChI=1S/C24H17ClIN3O3S/c25-16-3-7-19(8-4-16)28-24-29-23(31)21(33-24)13-15-1-11-20(12-2-15)32-14-22(30)27-18-9-5-17(26)6-10-18/h1-13H,14H2,(H,27,30)(H,28,29,31)/b21-13-. The highest BCUT2D eigenvalue weighted by Gasteiger charge is 2.23. The van der Waals surface area contributed by atoms with Gasteiger partial charge in [-0.3, -0.25) is 9.59 Å². The molecular formula is C24H17ClIN3O3S. The van der Waals surface area contributed by atoms with E-state index in [-0.39, 0.29) is 18.4 Å². The normalized spacial score (nSPS) is 15.5. The van der Waals surface area contributed by atoms with E-state index in [1.54, 1.807) is 42.5 Å². The molecule has 0 aromatic heterocycles. The average Bonchev–Trinajstić information content (AvgIpc) is 3.15. The molecule has 1 heterocycles. The van der Waals surface area contributed by atoms with Crippen molar-refractivity contribution in [1.82, 2.24) is 5.32 Å². The Morgan fingerprint density at radius 1 is 1.06 bits per heavy atom. The van der Waals surface area contributed by atoms with Gasteiger partial charge in [0, 0.05) is 14.3 Å². The highest BCUT2D eigenvalue weighted by molar-refractivity contribution is 14.1. The number of ether oxygens (including phenoxy) is 1. The molecule has 1 aliphatic heterocycles. The zero-order valence-corrected chi connectivity index (χ0v) is 20.8. The lowest BCUT2D eigenvalue weighted by Gasteiger charge is -2.08. The number of hydrogen-bond acceptors (Lipinski definition) is 5. The molecule has 0 spiro atoms. The smallest absolute Gasteiger partial charge is 0.264 e. The highest BCUT2D eigenvalue weighted by atomic mass is 127. The van der Waals surface area contributed by atoms with Crippen LogP contribution >= 0.6 is 46.0 Å². The van der Waals surface area contributed by atoms with E-state index in [4.69, 9.17) is 16.3 Å². The lowest BCUT2D eigenvalue weighted by atomic mass is 10.2. The first-order valence-electron chi connectivity index (χ1n) is 9.78. The van der Waals surface area contributed by atoms with Crippen LogP contribution in [0.4, 0.5) is 11.4 Å². The number of hydrogen-bond donors (Lipinski definition) is 2. The molecule has 0 aliphatic carbocycles. The zero-order valence-electron chi connectivity index (χ0n) is 17.0. The average molecular weight is 590 g/mol. The fourth-order valence-corrected chi connectivity index (χ4v) is 4.13. The predicted octanol–water partition coefficient (Wildman–Crippen LogP) is 5.85. The van der Waals surface area contributed by atoms with Gasteiger partial charge in [0.05, 0.1) is 10.6 Å². The quantitative estimate of drug-likeness (QED) is 0.279. The number of rotatable bonds is 6. The fraction of sp³-hybridized carbons (Fsp3) is 0.0417. The monoisotopic (exact) mass is 589 g/mol. The van der Waals surface area contributed by atoms with Gasteiger partial charge < -0.3 is 15.4 Å². The Morgan fingerprint density at radius 2 is 1.76 bits per heavy atom. The van der Waals surface area contributed by atoms with Gasteiger partial charge in [0.15, 0.2) is 11.8 Å². The summed E-state index contributed by atoms with van der Waals surface area (Å²) in [6, 6.07) is 21.7. The van der Waals surface area contributed by atoms with Crippen LogP contribution in [0.15, 0.2) is 82.7 Å². The predicted molar refractivity (Wildman–Crippen MR) is 142 cm³/mol. The first kappa shape index (κ1) is 23.3. The Morgan fingerprint density at radius 3 is 2.45 bits per heavy atom. The van der Waals surface area contributed by atoms with Crippen LogP contribution in [0.1, 0.15) is 5.56 Å². The maximum absolute atomic E-state index is 12.3. The third-order valence-electron chi connectivity index (χ3n) is 4.38. The van der Waals surface area contributed by atoms with Gasteiger partial charge in [-0.25, -0.2) is 4.99 Å². The molecule has 4 rings (SSSR count). The van der Waals surface area contributed by atoms with E-state index in [9.17, 15) is 9.59 Å².